The summed E-state index contributed by atoms with van der Waals surface area (Å²) in [6.45, 7) is 0.491. The summed E-state index contributed by atoms with van der Waals surface area (Å²) in [5.74, 6) is 4.79. The van der Waals surface area contributed by atoms with E-state index in [-0.39, 0.29) is 11.6 Å². The summed E-state index contributed by atoms with van der Waals surface area (Å²) in [7, 11) is 0. The number of fused-ring (bicyclic) bond motifs is 1. The van der Waals surface area contributed by atoms with Crippen molar-refractivity contribution in [1.82, 2.24) is 15.3 Å². The molecule has 7 nitrogen and oxygen atoms in total. The van der Waals surface area contributed by atoms with Crippen molar-refractivity contribution in [3.05, 3.63) is 70.0 Å². The molecule has 0 fully saturated rings. The monoisotopic (exact) mass is 420 g/mol. The van der Waals surface area contributed by atoms with Crippen LogP contribution in [-0.2, 0) is 11.2 Å². The van der Waals surface area contributed by atoms with Crippen LogP contribution in [0.5, 0.6) is 0 Å². The number of carbonyl (C=O) groups excluding carboxylic acids is 1. The Kier molecular flexibility index (Phi) is 7.24. The highest BCUT2D eigenvalue weighted by Crippen LogP contribution is 2.17. The van der Waals surface area contributed by atoms with E-state index in [1.165, 1.54) is 29.8 Å². The first kappa shape index (κ1) is 21.1. The molecular formula is C22H20N4O3S. The lowest BCUT2D eigenvalue weighted by Crippen LogP contribution is -2.23. The quantitative estimate of drug-likeness (QED) is 0.190. The summed E-state index contributed by atoms with van der Waals surface area (Å²) in [6, 6.07) is 9.78. The van der Waals surface area contributed by atoms with Gasteiger partial charge in [0.15, 0.2) is 0 Å². The number of pyridine rings is 1. The molecule has 152 valence electrons. The molecule has 1 amide bonds. The molecule has 0 aliphatic rings. The molecule has 3 rings (SSSR count). The average Bonchev–Trinajstić information content (AvgIpc) is 3.23. The zero-order valence-electron chi connectivity index (χ0n) is 16.2. The second kappa shape index (κ2) is 10.3. The van der Waals surface area contributed by atoms with Crippen LogP contribution in [0.15, 0.2) is 48.8 Å². The summed E-state index contributed by atoms with van der Waals surface area (Å²) in [4.78, 5) is 30.3. The minimum Gasteiger partial charge on any atom is -0.346 e. The Balaban J connectivity index is 1.36. The summed E-state index contributed by atoms with van der Waals surface area (Å²) in [5.41, 5.74) is 2.64. The maximum absolute atomic E-state index is 11.8. The maximum atomic E-state index is 11.8. The Bertz CT molecular complexity index is 1130. The van der Waals surface area contributed by atoms with Gasteiger partial charge < -0.3 is 10.3 Å². The summed E-state index contributed by atoms with van der Waals surface area (Å²) in [5, 5.41) is 14.5. The SMILES string of the molecule is O=C(C#Cc1ccc([N+](=O)[O-])cc1)NCCCC(=S)CCc1ccnc2[nH]ccc12. The molecule has 0 bridgehead atoms. The van der Waals surface area contributed by atoms with E-state index in [1.54, 1.807) is 6.20 Å². The van der Waals surface area contributed by atoms with Gasteiger partial charge in [0.05, 0.1) is 4.92 Å². The number of nitrogens with zero attached hydrogens (tertiary/aromatic N) is 2. The molecule has 0 aliphatic carbocycles. The molecule has 2 aromatic heterocycles. The Labute approximate surface area is 179 Å². The Morgan fingerprint density at radius 3 is 2.77 bits per heavy atom. The smallest absolute Gasteiger partial charge is 0.296 e. The number of hydrogen-bond donors (Lipinski definition) is 2. The number of aromatic nitrogens is 2. The van der Waals surface area contributed by atoms with Crippen LogP contribution in [0.4, 0.5) is 5.69 Å². The molecule has 0 spiro atoms. The van der Waals surface area contributed by atoms with E-state index in [1.807, 2.05) is 18.3 Å². The van der Waals surface area contributed by atoms with Crippen molar-refractivity contribution < 1.29 is 9.72 Å². The Morgan fingerprint density at radius 1 is 1.20 bits per heavy atom. The van der Waals surface area contributed by atoms with Gasteiger partial charge in [0.25, 0.3) is 11.6 Å². The van der Waals surface area contributed by atoms with Crippen LogP contribution in [0.2, 0.25) is 0 Å². The van der Waals surface area contributed by atoms with Crippen LogP contribution in [0.1, 0.15) is 30.4 Å². The van der Waals surface area contributed by atoms with Crippen LogP contribution >= 0.6 is 12.2 Å². The number of H-pyrrole nitrogens is 1. The van der Waals surface area contributed by atoms with E-state index in [0.29, 0.717) is 12.1 Å². The van der Waals surface area contributed by atoms with Gasteiger partial charge in [-0.2, -0.15) is 0 Å². The minimum absolute atomic E-state index is 0.0116. The van der Waals surface area contributed by atoms with E-state index >= 15 is 0 Å². The predicted octanol–water partition coefficient (Wildman–Crippen LogP) is 3.72. The Morgan fingerprint density at radius 2 is 2.00 bits per heavy atom. The molecule has 3 aromatic rings. The van der Waals surface area contributed by atoms with Crippen LogP contribution in [-0.4, -0.2) is 32.2 Å². The van der Waals surface area contributed by atoms with Crippen molar-refractivity contribution in [1.29, 1.82) is 0 Å². The molecule has 2 N–H and O–H groups in total. The van der Waals surface area contributed by atoms with Gasteiger partial charge in [-0.3, -0.25) is 14.9 Å². The zero-order valence-corrected chi connectivity index (χ0v) is 17.0. The Hall–Kier alpha value is -3.57. The summed E-state index contributed by atoms with van der Waals surface area (Å²) in [6.07, 6.45) is 6.86. The van der Waals surface area contributed by atoms with Gasteiger partial charge in [0.1, 0.15) is 5.65 Å². The third kappa shape index (κ3) is 5.96. The number of nitro benzene ring substituents is 1. The first-order valence-electron chi connectivity index (χ1n) is 9.50. The maximum Gasteiger partial charge on any atom is 0.296 e. The molecule has 0 radical (unpaired) electrons. The van der Waals surface area contributed by atoms with Crippen molar-refractivity contribution in [3.8, 4) is 11.8 Å². The number of benzene rings is 1. The number of thiocarbonyl (C=S) groups is 1. The summed E-state index contributed by atoms with van der Waals surface area (Å²) < 4.78 is 0. The van der Waals surface area contributed by atoms with Gasteiger partial charge in [-0.05, 0) is 60.4 Å². The third-order valence-corrected chi connectivity index (χ3v) is 4.95. The van der Waals surface area contributed by atoms with Gasteiger partial charge in [0.2, 0.25) is 0 Å². The fourth-order valence-electron chi connectivity index (χ4n) is 2.96. The molecule has 2 heterocycles. The first-order chi connectivity index (χ1) is 14.5. The van der Waals surface area contributed by atoms with Crippen molar-refractivity contribution in [2.75, 3.05) is 6.54 Å². The molecule has 8 heteroatoms. The van der Waals surface area contributed by atoms with Gasteiger partial charge in [-0.1, -0.05) is 18.1 Å². The normalized spacial score (nSPS) is 10.3. The molecule has 0 unspecified atom stereocenters. The highest BCUT2D eigenvalue weighted by Gasteiger charge is 2.05. The second-order valence-corrected chi connectivity index (χ2v) is 7.24. The van der Waals surface area contributed by atoms with Crippen LogP contribution < -0.4 is 5.32 Å². The van der Waals surface area contributed by atoms with Crippen molar-refractivity contribution in [2.24, 2.45) is 0 Å². The van der Waals surface area contributed by atoms with Gasteiger partial charge >= 0.3 is 0 Å². The number of non-ortho nitro benzene ring substituents is 1. The molecule has 0 aliphatic heterocycles. The molecule has 0 saturated carbocycles. The van der Waals surface area contributed by atoms with E-state index < -0.39 is 4.92 Å². The fourth-order valence-corrected chi connectivity index (χ4v) is 3.21. The van der Waals surface area contributed by atoms with Crippen molar-refractivity contribution in [2.45, 2.75) is 25.7 Å². The molecule has 1 aromatic carbocycles. The molecular weight excluding hydrogens is 400 g/mol. The molecule has 0 atom stereocenters. The number of aryl methyl sites for hydroxylation is 1. The predicted molar refractivity (Wildman–Crippen MR) is 119 cm³/mol. The van der Waals surface area contributed by atoms with E-state index in [2.05, 4.69) is 27.1 Å². The number of aromatic amines is 1. The number of amides is 1. The lowest BCUT2D eigenvalue weighted by molar-refractivity contribution is -0.384. The highest BCUT2D eigenvalue weighted by molar-refractivity contribution is 7.80. The number of carbonyl (C=O) groups is 1. The average molecular weight is 420 g/mol. The third-order valence-electron chi connectivity index (χ3n) is 4.54. The van der Waals surface area contributed by atoms with E-state index in [0.717, 1.165) is 41.6 Å². The molecule has 0 saturated heterocycles. The van der Waals surface area contributed by atoms with Crippen molar-refractivity contribution in [3.63, 3.8) is 0 Å². The minimum atomic E-state index is -0.480. The van der Waals surface area contributed by atoms with Gasteiger partial charge in [-0.25, -0.2) is 4.98 Å². The number of hydrogen-bond acceptors (Lipinski definition) is 5. The second-order valence-electron chi connectivity index (χ2n) is 6.66. The topological polar surface area (TPSA) is 101 Å². The number of rotatable bonds is 8. The molecule has 30 heavy (non-hydrogen) atoms. The first-order valence-corrected chi connectivity index (χ1v) is 9.91. The standard InChI is InChI=1S/C22H20N4O3S/c27-21(10-5-16-3-7-18(8-4-16)26(28)29)23-13-1-2-19(30)9-6-17-11-14-24-22-20(17)12-15-25-22/h3-4,7-8,11-12,14-15H,1-2,6,9,13H2,(H,23,27)(H,24,25). The van der Waals surface area contributed by atoms with Gasteiger partial charge in [-0.15, -0.1) is 0 Å². The number of nitrogens with one attached hydrogen (secondary N) is 2. The van der Waals surface area contributed by atoms with Crippen LogP contribution in [0.25, 0.3) is 11.0 Å². The summed E-state index contributed by atoms with van der Waals surface area (Å²) >= 11 is 5.47. The van der Waals surface area contributed by atoms with Crippen LogP contribution in [0.3, 0.4) is 0 Å². The van der Waals surface area contributed by atoms with Crippen LogP contribution in [0, 0.1) is 22.0 Å². The fraction of sp³-hybridized carbons (Fsp3) is 0.227. The highest BCUT2D eigenvalue weighted by atomic mass is 32.1. The van der Waals surface area contributed by atoms with E-state index in [4.69, 9.17) is 12.2 Å². The number of nitro groups is 1. The zero-order chi connectivity index (χ0) is 21.3. The van der Waals surface area contributed by atoms with Crippen molar-refractivity contribution >= 4 is 39.7 Å². The van der Waals surface area contributed by atoms with E-state index in [9.17, 15) is 14.9 Å². The largest absolute Gasteiger partial charge is 0.346 e. The lowest BCUT2D eigenvalue weighted by atomic mass is 10.0. The lowest BCUT2D eigenvalue weighted by Gasteiger charge is -2.06. The van der Waals surface area contributed by atoms with Gasteiger partial charge in [0, 0.05) is 47.9 Å².